The summed E-state index contributed by atoms with van der Waals surface area (Å²) in [5.74, 6) is 1.57. The minimum atomic E-state index is 0.479. The van der Waals surface area contributed by atoms with Crippen molar-refractivity contribution in [3.8, 4) is 0 Å². The third-order valence-electron chi connectivity index (χ3n) is 2.42. The topological polar surface area (TPSA) is 66.0 Å². The molecule has 0 radical (unpaired) electrons. The van der Waals surface area contributed by atoms with Gasteiger partial charge in [-0.15, -0.1) is 0 Å². The van der Waals surface area contributed by atoms with E-state index >= 15 is 0 Å². The van der Waals surface area contributed by atoms with E-state index in [2.05, 4.69) is 57.4 Å². The molecule has 0 spiro atoms. The fourth-order valence-electron chi connectivity index (χ4n) is 1.45. The van der Waals surface area contributed by atoms with Crippen LogP contribution in [0.15, 0.2) is 27.1 Å². The summed E-state index contributed by atoms with van der Waals surface area (Å²) in [6, 6.07) is 5.84. The Hall–Kier alpha value is -1.41. The number of nitrogens with one attached hydrogen (secondary N) is 2. The second kappa shape index (κ2) is 6.36. The normalized spacial score (nSPS) is 10.2. The summed E-state index contributed by atoms with van der Waals surface area (Å²) in [4.78, 5) is 14.7. The summed E-state index contributed by atoms with van der Waals surface area (Å²) < 4.78 is 1.90. The minimum absolute atomic E-state index is 0.479. The van der Waals surface area contributed by atoms with Crippen LogP contribution < -0.4 is 15.5 Å². The molecule has 2 rings (SSSR count). The molecule has 0 aliphatic carbocycles. The summed E-state index contributed by atoms with van der Waals surface area (Å²) in [5, 5.41) is 6.10. The van der Waals surface area contributed by atoms with Crippen LogP contribution in [0.4, 0.5) is 23.5 Å². The summed E-state index contributed by atoms with van der Waals surface area (Å²) in [6.45, 7) is 0. The first-order valence-corrected chi connectivity index (χ1v) is 7.41. The predicted octanol–water partition coefficient (Wildman–Crippen LogP) is 3.25. The molecule has 0 aliphatic heterocycles. The number of benzene rings is 1. The molecule has 6 nitrogen and oxygen atoms in total. The van der Waals surface area contributed by atoms with E-state index in [1.165, 1.54) is 0 Å². The number of hydrogen-bond acceptors (Lipinski definition) is 6. The zero-order chi connectivity index (χ0) is 14.7. The molecule has 1 aromatic carbocycles. The number of hydrogen-bond donors (Lipinski definition) is 2. The molecule has 1 aromatic heterocycles. The van der Waals surface area contributed by atoms with Crippen molar-refractivity contribution in [2.75, 3.05) is 36.7 Å². The van der Waals surface area contributed by atoms with Gasteiger partial charge < -0.3 is 15.5 Å². The smallest absolute Gasteiger partial charge is 0.233 e. The lowest BCUT2D eigenvalue weighted by atomic mass is 10.3. The van der Waals surface area contributed by atoms with Crippen LogP contribution in [0.25, 0.3) is 0 Å². The molecular weight excluding hydrogens is 388 g/mol. The van der Waals surface area contributed by atoms with Crippen molar-refractivity contribution in [2.45, 2.75) is 0 Å². The van der Waals surface area contributed by atoms with Gasteiger partial charge in [0.05, 0.1) is 5.69 Å². The second-order valence-electron chi connectivity index (χ2n) is 4.18. The van der Waals surface area contributed by atoms with E-state index < -0.39 is 0 Å². The van der Waals surface area contributed by atoms with Crippen molar-refractivity contribution >= 4 is 55.4 Å². The number of nitrogens with zero attached hydrogens (tertiary/aromatic N) is 4. The summed E-state index contributed by atoms with van der Waals surface area (Å²) in [7, 11) is 5.54. The number of halogens is 2. The standard InChI is InChI=1S/C12H14Br2N6/c1-15-10-17-11(19-12(18-10)20(2)3)16-9-6-7(13)4-5-8(9)14/h4-6H,1-3H3,(H2,15,16,17,18,19). The van der Waals surface area contributed by atoms with Crippen LogP contribution >= 0.6 is 31.9 Å². The highest BCUT2D eigenvalue weighted by Gasteiger charge is 2.09. The van der Waals surface area contributed by atoms with E-state index in [0.29, 0.717) is 17.8 Å². The molecule has 0 saturated carbocycles. The predicted molar refractivity (Wildman–Crippen MR) is 88.8 cm³/mol. The maximum Gasteiger partial charge on any atom is 0.233 e. The highest BCUT2D eigenvalue weighted by Crippen LogP contribution is 2.28. The van der Waals surface area contributed by atoms with Gasteiger partial charge in [-0.2, -0.15) is 15.0 Å². The lowest BCUT2D eigenvalue weighted by Crippen LogP contribution is -2.15. The van der Waals surface area contributed by atoms with Crippen molar-refractivity contribution in [1.82, 2.24) is 15.0 Å². The van der Waals surface area contributed by atoms with Crippen LogP contribution in [0.2, 0.25) is 0 Å². The van der Waals surface area contributed by atoms with Gasteiger partial charge in [0.25, 0.3) is 0 Å². The molecule has 1 heterocycles. The van der Waals surface area contributed by atoms with Crippen LogP contribution in [0.3, 0.4) is 0 Å². The van der Waals surface area contributed by atoms with Crippen molar-refractivity contribution in [1.29, 1.82) is 0 Å². The van der Waals surface area contributed by atoms with Crippen LogP contribution in [0.1, 0.15) is 0 Å². The summed E-state index contributed by atoms with van der Waals surface area (Å²) in [5.41, 5.74) is 0.873. The molecule has 20 heavy (non-hydrogen) atoms. The molecule has 106 valence electrons. The molecule has 0 unspecified atom stereocenters. The molecule has 0 amide bonds. The Kier molecular flexibility index (Phi) is 4.77. The molecule has 0 fully saturated rings. The number of rotatable bonds is 4. The lowest BCUT2D eigenvalue weighted by Gasteiger charge is -2.14. The third kappa shape index (κ3) is 3.57. The fourth-order valence-corrected chi connectivity index (χ4v) is 2.15. The molecule has 0 aliphatic rings. The highest BCUT2D eigenvalue weighted by atomic mass is 79.9. The van der Waals surface area contributed by atoms with Gasteiger partial charge in [-0.05, 0) is 34.1 Å². The van der Waals surface area contributed by atoms with E-state index in [4.69, 9.17) is 0 Å². The van der Waals surface area contributed by atoms with E-state index in [9.17, 15) is 0 Å². The maximum absolute atomic E-state index is 4.36. The monoisotopic (exact) mass is 400 g/mol. The minimum Gasteiger partial charge on any atom is -0.357 e. The van der Waals surface area contributed by atoms with E-state index in [0.717, 1.165) is 14.6 Å². The zero-order valence-electron chi connectivity index (χ0n) is 11.3. The first-order chi connectivity index (χ1) is 9.49. The van der Waals surface area contributed by atoms with Crippen LogP contribution in [0.5, 0.6) is 0 Å². The zero-order valence-corrected chi connectivity index (χ0v) is 14.4. The molecule has 0 atom stereocenters. The highest BCUT2D eigenvalue weighted by molar-refractivity contribution is 9.11. The Morgan fingerprint density at radius 3 is 2.40 bits per heavy atom. The van der Waals surface area contributed by atoms with Crippen LogP contribution in [-0.2, 0) is 0 Å². The Balaban J connectivity index is 2.37. The van der Waals surface area contributed by atoms with Crippen LogP contribution in [-0.4, -0.2) is 36.1 Å². The van der Waals surface area contributed by atoms with E-state index in [-0.39, 0.29) is 0 Å². The summed E-state index contributed by atoms with van der Waals surface area (Å²) >= 11 is 6.93. The average Bonchev–Trinajstić information content (AvgIpc) is 2.42. The van der Waals surface area contributed by atoms with Gasteiger partial charge in [0.15, 0.2) is 0 Å². The quantitative estimate of drug-likeness (QED) is 0.819. The average molecular weight is 402 g/mol. The molecular formula is C12H14Br2N6. The summed E-state index contributed by atoms with van der Waals surface area (Å²) in [6.07, 6.45) is 0. The SMILES string of the molecule is CNc1nc(Nc2cc(Br)ccc2Br)nc(N(C)C)n1. The van der Waals surface area contributed by atoms with Gasteiger partial charge in [-0.1, -0.05) is 15.9 Å². The van der Waals surface area contributed by atoms with E-state index in [1.807, 2.05) is 37.2 Å². The molecule has 2 N–H and O–H groups in total. The fraction of sp³-hybridized carbons (Fsp3) is 0.250. The largest absolute Gasteiger partial charge is 0.357 e. The molecule has 2 aromatic rings. The lowest BCUT2D eigenvalue weighted by molar-refractivity contribution is 0.963. The Morgan fingerprint density at radius 1 is 1.05 bits per heavy atom. The molecule has 0 saturated heterocycles. The Labute approximate surface area is 134 Å². The van der Waals surface area contributed by atoms with Gasteiger partial charge in [0.2, 0.25) is 17.8 Å². The second-order valence-corrected chi connectivity index (χ2v) is 5.95. The Bertz CT molecular complexity index is 617. The van der Waals surface area contributed by atoms with Gasteiger partial charge >= 0.3 is 0 Å². The van der Waals surface area contributed by atoms with Gasteiger partial charge in [-0.25, -0.2) is 0 Å². The molecule has 8 heteroatoms. The Morgan fingerprint density at radius 2 is 1.75 bits per heavy atom. The third-order valence-corrected chi connectivity index (χ3v) is 3.61. The number of anilines is 4. The van der Waals surface area contributed by atoms with Crippen LogP contribution in [0, 0.1) is 0 Å². The first-order valence-electron chi connectivity index (χ1n) is 5.83. The first kappa shape index (κ1) is 15.0. The number of aromatic nitrogens is 3. The van der Waals surface area contributed by atoms with Crippen molar-refractivity contribution in [3.63, 3.8) is 0 Å². The maximum atomic E-state index is 4.36. The van der Waals surface area contributed by atoms with Gasteiger partial charge in [0, 0.05) is 30.1 Å². The van der Waals surface area contributed by atoms with Gasteiger partial charge in [0.1, 0.15) is 0 Å². The molecule has 0 bridgehead atoms. The van der Waals surface area contributed by atoms with Crippen molar-refractivity contribution in [3.05, 3.63) is 27.1 Å². The van der Waals surface area contributed by atoms with Crippen molar-refractivity contribution < 1.29 is 0 Å². The van der Waals surface area contributed by atoms with Crippen molar-refractivity contribution in [2.24, 2.45) is 0 Å². The van der Waals surface area contributed by atoms with Gasteiger partial charge in [-0.3, -0.25) is 0 Å². The van der Waals surface area contributed by atoms with E-state index in [1.54, 1.807) is 7.05 Å².